The number of hydrogen-bond donors (Lipinski definition) is 1. The summed E-state index contributed by atoms with van der Waals surface area (Å²) in [5, 5.41) is 14.3. The van der Waals surface area contributed by atoms with Crippen molar-refractivity contribution in [2.24, 2.45) is 0 Å². The Morgan fingerprint density at radius 1 is 1.33 bits per heavy atom. The summed E-state index contributed by atoms with van der Waals surface area (Å²) in [7, 11) is 0. The zero-order chi connectivity index (χ0) is 13.0. The van der Waals surface area contributed by atoms with Crippen LogP contribution in [-0.2, 0) is 6.54 Å². The number of nitro benzene ring substituents is 1. The molecule has 18 heavy (non-hydrogen) atoms. The maximum absolute atomic E-state index is 10.7. The third-order valence-corrected chi connectivity index (χ3v) is 3.80. The molecule has 0 spiro atoms. The Labute approximate surface area is 108 Å². The second-order valence-corrected chi connectivity index (χ2v) is 5.40. The van der Waals surface area contributed by atoms with Crippen LogP contribution < -0.4 is 5.32 Å². The fraction of sp³-hybridized carbons (Fsp3) is 0.571. The normalized spacial score (nSPS) is 18.5. The van der Waals surface area contributed by atoms with Crippen molar-refractivity contribution >= 4 is 5.69 Å². The molecule has 0 heterocycles. The molecule has 0 aliphatic heterocycles. The van der Waals surface area contributed by atoms with Gasteiger partial charge in [0.15, 0.2) is 0 Å². The first-order valence-corrected chi connectivity index (χ1v) is 6.57. The van der Waals surface area contributed by atoms with E-state index in [2.05, 4.69) is 12.2 Å². The van der Waals surface area contributed by atoms with Gasteiger partial charge in [0.05, 0.1) is 4.92 Å². The minimum Gasteiger partial charge on any atom is -0.307 e. The zero-order valence-corrected chi connectivity index (χ0v) is 10.8. The number of nitro groups is 1. The molecule has 1 N–H and O–H groups in total. The average Bonchev–Trinajstić information content (AvgIpc) is 2.38. The van der Waals surface area contributed by atoms with E-state index in [-0.39, 0.29) is 16.1 Å². The molecular formula is C14H20N2O2. The first-order chi connectivity index (χ1) is 8.59. The molecule has 0 amide bonds. The molecule has 4 heteroatoms. The van der Waals surface area contributed by atoms with Crippen LogP contribution >= 0.6 is 0 Å². The predicted molar refractivity (Wildman–Crippen MR) is 71.4 cm³/mol. The lowest BCUT2D eigenvalue weighted by Gasteiger charge is -2.34. The summed E-state index contributed by atoms with van der Waals surface area (Å²) in [5.74, 6) is 0. The van der Waals surface area contributed by atoms with Gasteiger partial charge in [-0.1, -0.05) is 31.4 Å². The standard InChI is InChI=1S/C14H20N2O2/c1-14(8-3-2-4-9-14)15-11-12-6-5-7-13(10-12)16(17)18/h5-7,10,15H,2-4,8-9,11H2,1H3. The Kier molecular flexibility index (Phi) is 3.97. The van der Waals surface area contributed by atoms with Gasteiger partial charge < -0.3 is 5.32 Å². The number of nitrogens with zero attached hydrogens (tertiary/aromatic N) is 1. The zero-order valence-electron chi connectivity index (χ0n) is 10.8. The van der Waals surface area contributed by atoms with Crippen LogP contribution in [0.25, 0.3) is 0 Å². The first-order valence-electron chi connectivity index (χ1n) is 6.57. The summed E-state index contributed by atoms with van der Waals surface area (Å²) >= 11 is 0. The van der Waals surface area contributed by atoms with E-state index in [4.69, 9.17) is 0 Å². The van der Waals surface area contributed by atoms with Gasteiger partial charge in [-0.05, 0) is 25.3 Å². The fourth-order valence-corrected chi connectivity index (χ4v) is 2.60. The van der Waals surface area contributed by atoms with Crippen molar-refractivity contribution in [3.8, 4) is 0 Å². The van der Waals surface area contributed by atoms with Crippen LogP contribution in [0.5, 0.6) is 0 Å². The molecular weight excluding hydrogens is 228 g/mol. The number of rotatable bonds is 4. The number of non-ortho nitro benzene ring substituents is 1. The Morgan fingerprint density at radius 3 is 2.72 bits per heavy atom. The number of nitrogens with one attached hydrogen (secondary N) is 1. The van der Waals surface area contributed by atoms with Gasteiger partial charge in [0, 0.05) is 24.2 Å². The minimum atomic E-state index is -0.341. The van der Waals surface area contributed by atoms with Gasteiger partial charge >= 0.3 is 0 Å². The van der Waals surface area contributed by atoms with E-state index < -0.39 is 0 Å². The van der Waals surface area contributed by atoms with Gasteiger partial charge in [0.2, 0.25) is 0 Å². The van der Waals surface area contributed by atoms with E-state index in [1.165, 1.54) is 38.2 Å². The summed E-state index contributed by atoms with van der Waals surface area (Å²) in [5.41, 5.74) is 1.35. The van der Waals surface area contributed by atoms with Crippen LogP contribution in [0.4, 0.5) is 5.69 Å². The molecule has 1 aliphatic carbocycles. The topological polar surface area (TPSA) is 55.2 Å². The van der Waals surface area contributed by atoms with Gasteiger partial charge in [0.25, 0.3) is 5.69 Å². The second-order valence-electron chi connectivity index (χ2n) is 5.40. The van der Waals surface area contributed by atoms with Crippen molar-refractivity contribution in [1.82, 2.24) is 5.32 Å². The molecule has 1 saturated carbocycles. The van der Waals surface area contributed by atoms with Crippen molar-refractivity contribution in [3.63, 3.8) is 0 Å². The fourth-order valence-electron chi connectivity index (χ4n) is 2.60. The molecule has 2 rings (SSSR count). The van der Waals surface area contributed by atoms with E-state index in [1.807, 2.05) is 6.07 Å². The van der Waals surface area contributed by atoms with E-state index in [0.29, 0.717) is 6.54 Å². The predicted octanol–water partition coefficient (Wildman–Crippen LogP) is 3.41. The molecule has 0 unspecified atom stereocenters. The molecule has 1 aromatic rings. The monoisotopic (exact) mass is 248 g/mol. The van der Waals surface area contributed by atoms with Crippen LogP contribution in [0.2, 0.25) is 0 Å². The summed E-state index contributed by atoms with van der Waals surface area (Å²) in [4.78, 5) is 10.4. The minimum absolute atomic E-state index is 0.170. The van der Waals surface area contributed by atoms with Gasteiger partial charge in [-0.3, -0.25) is 10.1 Å². The third kappa shape index (κ3) is 3.29. The lowest BCUT2D eigenvalue weighted by atomic mass is 9.83. The lowest BCUT2D eigenvalue weighted by Crippen LogP contribution is -2.43. The highest BCUT2D eigenvalue weighted by atomic mass is 16.6. The van der Waals surface area contributed by atoms with Gasteiger partial charge in [-0.2, -0.15) is 0 Å². The molecule has 0 aromatic heterocycles. The van der Waals surface area contributed by atoms with E-state index in [1.54, 1.807) is 12.1 Å². The third-order valence-electron chi connectivity index (χ3n) is 3.80. The molecule has 0 radical (unpaired) electrons. The molecule has 0 atom stereocenters. The van der Waals surface area contributed by atoms with Crippen LogP contribution in [0.1, 0.15) is 44.6 Å². The Balaban J connectivity index is 1.97. The molecule has 1 fully saturated rings. The van der Waals surface area contributed by atoms with Crippen molar-refractivity contribution in [2.45, 2.75) is 51.1 Å². The lowest BCUT2D eigenvalue weighted by molar-refractivity contribution is -0.384. The highest BCUT2D eigenvalue weighted by Crippen LogP contribution is 2.28. The van der Waals surface area contributed by atoms with Crippen molar-refractivity contribution in [3.05, 3.63) is 39.9 Å². The summed E-state index contributed by atoms with van der Waals surface area (Å²) in [6.45, 7) is 2.96. The van der Waals surface area contributed by atoms with Gasteiger partial charge in [-0.15, -0.1) is 0 Å². The highest BCUT2D eigenvalue weighted by Gasteiger charge is 2.25. The molecule has 0 bridgehead atoms. The SMILES string of the molecule is CC1(NCc2cccc([N+](=O)[O-])c2)CCCCC1. The Bertz CT molecular complexity index is 426. The van der Waals surface area contributed by atoms with Crippen LogP contribution in [0.15, 0.2) is 24.3 Å². The highest BCUT2D eigenvalue weighted by molar-refractivity contribution is 5.34. The Morgan fingerprint density at radius 2 is 2.06 bits per heavy atom. The van der Waals surface area contributed by atoms with Crippen LogP contribution in [-0.4, -0.2) is 10.5 Å². The van der Waals surface area contributed by atoms with Gasteiger partial charge in [0.1, 0.15) is 0 Å². The quantitative estimate of drug-likeness (QED) is 0.656. The average molecular weight is 248 g/mol. The number of benzene rings is 1. The van der Waals surface area contributed by atoms with Crippen LogP contribution in [0.3, 0.4) is 0 Å². The first kappa shape index (κ1) is 13.0. The summed E-state index contributed by atoms with van der Waals surface area (Å²) in [6.07, 6.45) is 6.27. The second kappa shape index (κ2) is 5.48. The summed E-state index contributed by atoms with van der Waals surface area (Å²) < 4.78 is 0. The van der Waals surface area contributed by atoms with Crippen molar-refractivity contribution in [2.75, 3.05) is 0 Å². The van der Waals surface area contributed by atoms with Crippen LogP contribution in [0, 0.1) is 10.1 Å². The number of hydrogen-bond acceptors (Lipinski definition) is 3. The molecule has 0 saturated heterocycles. The maximum Gasteiger partial charge on any atom is 0.269 e. The maximum atomic E-state index is 10.7. The van der Waals surface area contributed by atoms with E-state index in [0.717, 1.165) is 5.56 Å². The Hall–Kier alpha value is -1.42. The largest absolute Gasteiger partial charge is 0.307 e. The molecule has 98 valence electrons. The van der Waals surface area contributed by atoms with Crippen molar-refractivity contribution < 1.29 is 4.92 Å². The smallest absolute Gasteiger partial charge is 0.269 e. The van der Waals surface area contributed by atoms with Gasteiger partial charge in [-0.25, -0.2) is 0 Å². The molecule has 1 aromatic carbocycles. The summed E-state index contributed by atoms with van der Waals surface area (Å²) in [6, 6.07) is 6.87. The molecule has 1 aliphatic rings. The van der Waals surface area contributed by atoms with Crippen molar-refractivity contribution in [1.29, 1.82) is 0 Å². The molecule has 4 nitrogen and oxygen atoms in total. The van der Waals surface area contributed by atoms with E-state index >= 15 is 0 Å². The van der Waals surface area contributed by atoms with E-state index in [9.17, 15) is 10.1 Å².